The molecular weight excluding hydrogens is 474 g/mol. The molecule has 1 heterocycles. The third kappa shape index (κ3) is 6.10. The Morgan fingerprint density at radius 1 is 0.865 bits per heavy atom. The van der Waals surface area contributed by atoms with E-state index in [0.717, 1.165) is 12.0 Å². The fourth-order valence-electron chi connectivity index (χ4n) is 3.81. The molecule has 192 valence electrons. The van der Waals surface area contributed by atoms with Gasteiger partial charge in [0.05, 0.1) is 24.9 Å². The number of esters is 1. The van der Waals surface area contributed by atoms with Crippen LogP contribution >= 0.6 is 0 Å². The van der Waals surface area contributed by atoms with Gasteiger partial charge in [-0.1, -0.05) is 37.3 Å². The molecule has 0 unspecified atom stereocenters. The van der Waals surface area contributed by atoms with Gasteiger partial charge in [0.2, 0.25) is 5.43 Å². The van der Waals surface area contributed by atoms with E-state index in [1.807, 2.05) is 55.5 Å². The van der Waals surface area contributed by atoms with Gasteiger partial charge < -0.3 is 28.3 Å². The second kappa shape index (κ2) is 12.1. The van der Waals surface area contributed by atoms with Crippen LogP contribution in [0.2, 0.25) is 0 Å². The standard InChI is InChI=1S/C29H29NO7/c1-4-12-35-23-13-21(14-24(15-23)36-18-20-8-6-5-7-9-20)30-17-26(29(32)34-3)28(31)25-11-10-22(16-27(25)30)37-19-33-2/h5-11,13-17H,4,12,18-19H2,1-3H3. The smallest absolute Gasteiger partial charge is 0.343 e. The van der Waals surface area contributed by atoms with E-state index < -0.39 is 11.4 Å². The number of hydrogen-bond donors (Lipinski definition) is 0. The summed E-state index contributed by atoms with van der Waals surface area (Å²) in [6, 6.07) is 20.3. The molecule has 8 heteroatoms. The summed E-state index contributed by atoms with van der Waals surface area (Å²) in [7, 11) is 2.77. The normalized spacial score (nSPS) is 10.8. The first-order chi connectivity index (χ1) is 18.0. The second-order valence-corrected chi connectivity index (χ2v) is 8.25. The molecule has 0 saturated heterocycles. The number of nitrogens with zero attached hydrogens (tertiary/aromatic N) is 1. The van der Waals surface area contributed by atoms with Gasteiger partial charge in [-0.2, -0.15) is 0 Å². The van der Waals surface area contributed by atoms with Gasteiger partial charge in [-0.05, 0) is 24.1 Å². The van der Waals surface area contributed by atoms with Crippen LogP contribution in [0.5, 0.6) is 17.2 Å². The van der Waals surface area contributed by atoms with Crippen LogP contribution in [0, 0.1) is 0 Å². The molecule has 0 spiro atoms. The third-order valence-electron chi connectivity index (χ3n) is 5.59. The van der Waals surface area contributed by atoms with Crippen molar-refractivity contribution in [2.45, 2.75) is 20.0 Å². The van der Waals surface area contributed by atoms with Crippen LogP contribution in [-0.4, -0.2) is 38.2 Å². The Morgan fingerprint density at radius 3 is 2.32 bits per heavy atom. The molecule has 0 fully saturated rings. The van der Waals surface area contributed by atoms with Crippen molar-refractivity contribution in [1.82, 2.24) is 4.57 Å². The van der Waals surface area contributed by atoms with Crippen LogP contribution < -0.4 is 19.6 Å². The average molecular weight is 504 g/mol. The maximum atomic E-state index is 13.1. The van der Waals surface area contributed by atoms with Crippen molar-refractivity contribution in [2.75, 3.05) is 27.6 Å². The number of benzene rings is 3. The zero-order valence-corrected chi connectivity index (χ0v) is 21.1. The zero-order chi connectivity index (χ0) is 26.2. The van der Waals surface area contributed by atoms with Crippen LogP contribution in [0.1, 0.15) is 29.3 Å². The van der Waals surface area contributed by atoms with Gasteiger partial charge in [-0.3, -0.25) is 4.79 Å². The zero-order valence-electron chi connectivity index (χ0n) is 21.1. The van der Waals surface area contributed by atoms with Gasteiger partial charge in [-0.25, -0.2) is 4.79 Å². The molecule has 0 radical (unpaired) electrons. The SMILES string of the molecule is CCCOc1cc(OCc2ccccc2)cc(-n2cc(C(=O)OC)c(=O)c3ccc(OCOC)cc32)c1. The summed E-state index contributed by atoms with van der Waals surface area (Å²) in [6.45, 7) is 2.96. The summed E-state index contributed by atoms with van der Waals surface area (Å²) >= 11 is 0. The quantitative estimate of drug-likeness (QED) is 0.207. The van der Waals surface area contributed by atoms with Crippen molar-refractivity contribution in [3.8, 4) is 22.9 Å². The van der Waals surface area contributed by atoms with Crippen molar-refractivity contribution < 1.29 is 28.5 Å². The summed E-state index contributed by atoms with van der Waals surface area (Å²) in [5.41, 5.74) is 1.66. The molecule has 0 aliphatic heterocycles. The second-order valence-electron chi connectivity index (χ2n) is 8.25. The largest absolute Gasteiger partial charge is 0.493 e. The van der Waals surface area contributed by atoms with E-state index >= 15 is 0 Å². The molecule has 0 aliphatic rings. The first kappa shape index (κ1) is 25.8. The highest BCUT2D eigenvalue weighted by Crippen LogP contribution is 2.30. The molecule has 0 atom stereocenters. The van der Waals surface area contributed by atoms with Gasteiger partial charge in [-0.15, -0.1) is 0 Å². The third-order valence-corrected chi connectivity index (χ3v) is 5.59. The van der Waals surface area contributed by atoms with Crippen molar-refractivity contribution in [3.05, 3.63) is 94.3 Å². The molecule has 4 rings (SSSR count). The van der Waals surface area contributed by atoms with E-state index in [1.165, 1.54) is 20.4 Å². The highest BCUT2D eigenvalue weighted by molar-refractivity contribution is 5.94. The molecule has 37 heavy (non-hydrogen) atoms. The predicted octanol–water partition coefficient (Wildman–Crippen LogP) is 5.13. The van der Waals surface area contributed by atoms with Crippen LogP contribution in [0.15, 0.2) is 77.7 Å². The van der Waals surface area contributed by atoms with Crippen molar-refractivity contribution in [3.63, 3.8) is 0 Å². The summed E-state index contributed by atoms with van der Waals surface area (Å²) in [5, 5.41) is 0.333. The fourth-order valence-corrected chi connectivity index (χ4v) is 3.81. The van der Waals surface area contributed by atoms with Crippen LogP contribution in [-0.2, 0) is 16.1 Å². The lowest BCUT2D eigenvalue weighted by molar-refractivity contribution is 0.0512. The lowest BCUT2D eigenvalue weighted by Crippen LogP contribution is -2.19. The first-order valence-electron chi connectivity index (χ1n) is 11.9. The van der Waals surface area contributed by atoms with Gasteiger partial charge >= 0.3 is 5.97 Å². The number of pyridine rings is 1. The van der Waals surface area contributed by atoms with Crippen LogP contribution in [0.3, 0.4) is 0 Å². The lowest BCUT2D eigenvalue weighted by atomic mass is 10.1. The molecule has 0 bridgehead atoms. The van der Waals surface area contributed by atoms with Gasteiger partial charge in [0.15, 0.2) is 6.79 Å². The Bertz CT molecular complexity index is 1430. The summed E-state index contributed by atoms with van der Waals surface area (Å²) < 4.78 is 29.3. The number of methoxy groups -OCH3 is 2. The minimum Gasteiger partial charge on any atom is -0.493 e. The Hall–Kier alpha value is -4.30. The van der Waals surface area contributed by atoms with Crippen LogP contribution in [0.4, 0.5) is 0 Å². The Labute approximate surface area is 214 Å². The number of ether oxygens (including phenoxy) is 5. The molecule has 1 aromatic heterocycles. The summed E-state index contributed by atoms with van der Waals surface area (Å²) in [4.78, 5) is 25.6. The molecule has 0 aliphatic carbocycles. The minimum atomic E-state index is -0.723. The molecule has 3 aromatic carbocycles. The Kier molecular flexibility index (Phi) is 8.43. The summed E-state index contributed by atoms with van der Waals surface area (Å²) in [6.07, 6.45) is 2.30. The number of aromatic nitrogens is 1. The van der Waals surface area contributed by atoms with Gasteiger partial charge in [0.1, 0.15) is 29.4 Å². The van der Waals surface area contributed by atoms with E-state index in [-0.39, 0.29) is 12.4 Å². The van der Waals surface area contributed by atoms with Crippen molar-refractivity contribution in [2.24, 2.45) is 0 Å². The highest BCUT2D eigenvalue weighted by Gasteiger charge is 2.18. The predicted molar refractivity (Wildman–Crippen MR) is 140 cm³/mol. The monoisotopic (exact) mass is 503 g/mol. The van der Waals surface area contributed by atoms with E-state index in [0.29, 0.717) is 47.1 Å². The van der Waals surface area contributed by atoms with Crippen molar-refractivity contribution in [1.29, 1.82) is 0 Å². The summed E-state index contributed by atoms with van der Waals surface area (Å²) in [5.74, 6) is 0.956. The van der Waals surface area contributed by atoms with E-state index in [1.54, 1.807) is 22.8 Å². The molecular formula is C29H29NO7. The van der Waals surface area contributed by atoms with E-state index in [4.69, 9.17) is 23.7 Å². The fraction of sp³-hybridized carbons (Fsp3) is 0.241. The Morgan fingerprint density at radius 2 is 1.62 bits per heavy atom. The minimum absolute atomic E-state index is 0.0494. The van der Waals surface area contributed by atoms with Crippen LogP contribution in [0.25, 0.3) is 16.6 Å². The van der Waals surface area contributed by atoms with Gasteiger partial charge in [0.25, 0.3) is 0 Å². The lowest BCUT2D eigenvalue weighted by Gasteiger charge is -2.17. The molecule has 0 amide bonds. The topological polar surface area (TPSA) is 85.2 Å². The number of rotatable bonds is 11. The number of carbonyl (C=O) groups is 1. The first-order valence-corrected chi connectivity index (χ1v) is 11.9. The number of carbonyl (C=O) groups excluding carboxylic acids is 1. The van der Waals surface area contributed by atoms with Crippen molar-refractivity contribution >= 4 is 16.9 Å². The number of fused-ring (bicyclic) bond motifs is 1. The molecule has 4 aromatic rings. The molecule has 0 saturated carbocycles. The highest BCUT2D eigenvalue weighted by atomic mass is 16.7. The maximum absolute atomic E-state index is 13.1. The number of hydrogen-bond acceptors (Lipinski definition) is 7. The Balaban J connectivity index is 1.87. The van der Waals surface area contributed by atoms with E-state index in [2.05, 4.69) is 0 Å². The molecule has 8 nitrogen and oxygen atoms in total. The van der Waals surface area contributed by atoms with E-state index in [9.17, 15) is 9.59 Å². The maximum Gasteiger partial charge on any atom is 0.343 e. The average Bonchev–Trinajstić information content (AvgIpc) is 2.94. The molecule has 0 N–H and O–H groups in total. The van der Waals surface area contributed by atoms with Gasteiger partial charge in [0, 0.05) is 43.0 Å².